The lowest BCUT2D eigenvalue weighted by Gasteiger charge is -2.32. The quantitative estimate of drug-likeness (QED) is 0.713. The monoisotopic (exact) mass is 371 g/mol. The number of rotatable bonds is 1. The van der Waals surface area contributed by atoms with Crippen LogP contribution in [0.4, 0.5) is 15.8 Å². The normalized spacial score (nSPS) is 22.0. The summed E-state index contributed by atoms with van der Waals surface area (Å²) in [5, 5.41) is 2.78. The highest BCUT2D eigenvalue weighted by atomic mass is 32.2. The van der Waals surface area contributed by atoms with Crippen molar-refractivity contribution in [1.82, 2.24) is 4.98 Å². The average molecular weight is 371 g/mol. The van der Waals surface area contributed by atoms with E-state index in [1.54, 1.807) is 11.6 Å². The zero-order chi connectivity index (χ0) is 17.2. The maximum Gasteiger partial charge on any atom is 0.266 e. The molecule has 124 valence electrons. The molecule has 1 unspecified atom stereocenters. The van der Waals surface area contributed by atoms with Crippen molar-refractivity contribution in [2.45, 2.75) is 4.87 Å². The molecule has 0 radical (unpaired) electrons. The SMILES string of the molecule is O=C1CSC2(C(=O)Nc3ccc(F)cc32)N1c1ccc2ncsc2c1. The van der Waals surface area contributed by atoms with Crippen molar-refractivity contribution in [3.8, 4) is 0 Å². The summed E-state index contributed by atoms with van der Waals surface area (Å²) in [5.41, 5.74) is 4.20. The molecule has 5 rings (SSSR count). The summed E-state index contributed by atoms with van der Waals surface area (Å²) in [4.78, 5) is 30.0. The van der Waals surface area contributed by atoms with E-state index in [1.807, 2.05) is 12.1 Å². The molecule has 0 aliphatic carbocycles. The van der Waals surface area contributed by atoms with Gasteiger partial charge in [-0.1, -0.05) is 0 Å². The molecule has 1 aromatic heterocycles. The summed E-state index contributed by atoms with van der Waals surface area (Å²) in [6.45, 7) is 0. The Kier molecular flexibility index (Phi) is 2.99. The first-order chi connectivity index (χ1) is 12.1. The fourth-order valence-electron chi connectivity index (χ4n) is 3.38. The zero-order valence-corrected chi connectivity index (χ0v) is 14.3. The molecule has 25 heavy (non-hydrogen) atoms. The predicted octanol–water partition coefficient (Wildman–Crippen LogP) is 3.32. The fourth-order valence-corrected chi connectivity index (χ4v) is 5.39. The van der Waals surface area contributed by atoms with Gasteiger partial charge in [0.05, 0.1) is 21.5 Å². The van der Waals surface area contributed by atoms with Crippen LogP contribution < -0.4 is 10.2 Å². The summed E-state index contributed by atoms with van der Waals surface area (Å²) in [7, 11) is 0. The molecule has 2 aromatic carbocycles. The van der Waals surface area contributed by atoms with Gasteiger partial charge in [-0.3, -0.25) is 14.5 Å². The number of halogens is 1. The van der Waals surface area contributed by atoms with Crippen LogP contribution in [0.1, 0.15) is 5.56 Å². The number of thiazole rings is 1. The number of carbonyl (C=O) groups is 2. The number of anilines is 2. The van der Waals surface area contributed by atoms with E-state index in [2.05, 4.69) is 10.3 Å². The summed E-state index contributed by atoms with van der Waals surface area (Å²) in [6.07, 6.45) is 0. The Morgan fingerprint density at radius 2 is 2.08 bits per heavy atom. The minimum Gasteiger partial charge on any atom is -0.323 e. The minimum atomic E-state index is -1.27. The van der Waals surface area contributed by atoms with E-state index < -0.39 is 10.7 Å². The highest BCUT2D eigenvalue weighted by Crippen LogP contribution is 2.54. The third-order valence-electron chi connectivity index (χ3n) is 4.44. The van der Waals surface area contributed by atoms with E-state index in [9.17, 15) is 14.0 Å². The van der Waals surface area contributed by atoms with Gasteiger partial charge in [-0.2, -0.15) is 0 Å². The Morgan fingerprint density at radius 1 is 1.20 bits per heavy atom. The second-order valence-corrected chi connectivity index (χ2v) is 7.86. The highest BCUT2D eigenvalue weighted by Gasteiger charge is 2.58. The van der Waals surface area contributed by atoms with Gasteiger partial charge in [0.25, 0.3) is 5.91 Å². The molecule has 2 aliphatic rings. The zero-order valence-electron chi connectivity index (χ0n) is 12.7. The molecule has 1 saturated heterocycles. The number of hydrogen-bond donors (Lipinski definition) is 1. The molecule has 2 amide bonds. The number of amides is 2. The van der Waals surface area contributed by atoms with Gasteiger partial charge in [0, 0.05) is 16.9 Å². The van der Waals surface area contributed by atoms with E-state index in [0.29, 0.717) is 16.9 Å². The first-order valence-corrected chi connectivity index (χ1v) is 9.38. The van der Waals surface area contributed by atoms with Gasteiger partial charge < -0.3 is 5.32 Å². The van der Waals surface area contributed by atoms with E-state index in [0.717, 1.165) is 10.2 Å². The molecular weight excluding hydrogens is 361 g/mol. The molecule has 5 nitrogen and oxygen atoms in total. The molecule has 1 fully saturated rings. The summed E-state index contributed by atoms with van der Waals surface area (Å²) in [6, 6.07) is 9.61. The number of nitrogens with one attached hydrogen (secondary N) is 1. The van der Waals surface area contributed by atoms with Gasteiger partial charge in [0.1, 0.15) is 5.82 Å². The number of thioether (sulfide) groups is 1. The van der Waals surface area contributed by atoms with E-state index in [1.165, 1.54) is 46.2 Å². The lowest BCUT2D eigenvalue weighted by molar-refractivity contribution is -0.122. The van der Waals surface area contributed by atoms with Crippen LogP contribution in [-0.2, 0) is 14.5 Å². The van der Waals surface area contributed by atoms with Crippen molar-refractivity contribution in [3.63, 3.8) is 0 Å². The fraction of sp³-hybridized carbons (Fsp3) is 0.118. The maximum atomic E-state index is 13.9. The number of benzene rings is 2. The third-order valence-corrected chi connectivity index (χ3v) is 6.63. The van der Waals surface area contributed by atoms with Crippen LogP contribution in [0.15, 0.2) is 41.9 Å². The second-order valence-electron chi connectivity index (χ2n) is 5.81. The van der Waals surface area contributed by atoms with E-state index in [4.69, 9.17) is 0 Å². The van der Waals surface area contributed by atoms with Crippen LogP contribution in [0.2, 0.25) is 0 Å². The molecule has 0 bridgehead atoms. The summed E-state index contributed by atoms with van der Waals surface area (Å²) < 4.78 is 14.8. The molecule has 1 atom stereocenters. The number of nitrogens with zero attached hydrogens (tertiary/aromatic N) is 2. The Hall–Kier alpha value is -2.45. The largest absolute Gasteiger partial charge is 0.323 e. The number of carbonyl (C=O) groups excluding carboxylic acids is 2. The number of fused-ring (bicyclic) bond motifs is 3. The van der Waals surface area contributed by atoms with Crippen molar-refractivity contribution in [2.24, 2.45) is 0 Å². The highest BCUT2D eigenvalue weighted by molar-refractivity contribution is 8.02. The molecule has 3 aromatic rings. The lowest BCUT2D eigenvalue weighted by atomic mass is 10.0. The predicted molar refractivity (Wildman–Crippen MR) is 96.3 cm³/mol. The van der Waals surface area contributed by atoms with Crippen molar-refractivity contribution in [3.05, 3.63) is 53.3 Å². The van der Waals surface area contributed by atoms with Gasteiger partial charge in [-0.15, -0.1) is 23.1 Å². The van der Waals surface area contributed by atoms with Crippen molar-refractivity contribution >= 4 is 56.5 Å². The molecule has 1 spiro atoms. The van der Waals surface area contributed by atoms with Crippen LogP contribution in [0.5, 0.6) is 0 Å². The topological polar surface area (TPSA) is 62.3 Å². The number of aromatic nitrogens is 1. The van der Waals surface area contributed by atoms with Crippen LogP contribution in [0.3, 0.4) is 0 Å². The molecule has 8 heteroatoms. The third kappa shape index (κ3) is 1.92. The second kappa shape index (κ2) is 5.03. The van der Waals surface area contributed by atoms with Crippen molar-refractivity contribution in [1.29, 1.82) is 0 Å². The summed E-state index contributed by atoms with van der Waals surface area (Å²) in [5.74, 6) is -0.786. The smallest absolute Gasteiger partial charge is 0.266 e. The Labute approximate surface area is 149 Å². The van der Waals surface area contributed by atoms with Gasteiger partial charge in [-0.05, 0) is 36.4 Å². The molecule has 3 heterocycles. The molecule has 1 N–H and O–H groups in total. The van der Waals surface area contributed by atoms with Gasteiger partial charge in [0.2, 0.25) is 10.8 Å². The van der Waals surface area contributed by atoms with Gasteiger partial charge in [0.15, 0.2) is 0 Å². The average Bonchev–Trinajstić information content (AvgIpc) is 3.26. The number of hydrogen-bond acceptors (Lipinski definition) is 5. The minimum absolute atomic E-state index is 0.157. The Balaban J connectivity index is 1.74. The molecular formula is C17H10FN3O2S2. The molecule has 0 saturated carbocycles. The van der Waals surface area contributed by atoms with Crippen LogP contribution in [0.25, 0.3) is 10.2 Å². The van der Waals surface area contributed by atoms with E-state index >= 15 is 0 Å². The van der Waals surface area contributed by atoms with Crippen molar-refractivity contribution in [2.75, 3.05) is 16.0 Å². The first kappa shape index (κ1) is 14.9. The Morgan fingerprint density at radius 3 is 2.96 bits per heavy atom. The summed E-state index contributed by atoms with van der Waals surface area (Å²) >= 11 is 2.68. The van der Waals surface area contributed by atoms with Gasteiger partial charge in [-0.25, -0.2) is 9.37 Å². The van der Waals surface area contributed by atoms with Crippen LogP contribution in [0, 0.1) is 5.82 Å². The van der Waals surface area contributed by atoms with E-state index in [-0.39, 0.29) is 17.6 Å². The lowest BCUT2D eigenvalue weighted by Crippen LogP contribution is -2.47. The first-order valence-electron chi connectivity index (χ1n) is 7.51. The van der Waals surface area contributed by atoms with Crippen molar-refractivity contribution < 1.29 is 14.0 Å². The van der Waals surface area contributed by atoms with Crippen LogP contribution in [-0.4, -0.2) is 22.6 Å². The Bertz CT molecular complexity index is 1070. The van der Waals surface area contributed by atoms with Crippen LogP contribution >= 0.6 is 23.1 Å². The van der Waals surface area contributed by atoms with Gasteiger partial charge >= 0.3 is 0 Å². The standard InChI is InChI=1S/C17H10FN3O2S2/c18-9-1-3-12-11(5-9)17(16(23)20-12)21(15(22)7-25-17)10-2-4-13-14(6-10)24-8-19-13/h1-6,8H,7H2,(H,20,23). The molecule has 2 aliphatic heterocycles. The maximum absolute atomic E-state index is 13.9.